The Hall–Kier alpha value is -3.87. The Kier molecular flexibility index (Phi) is 7.58. The normalized spacial score (nSPS) is 17.3. The first kappa shape index (κ1) is 27.7. The summed E-state index contributed by atoms with van der Waals surface area (Å²) < 4.78 is 25.1. The summed E-state index contributed by atoms with van der Waals surface area (Å²) in [4.78, 5) is 44.0. The molecule has 3 aromatic rings. The van der Waals surface area contributed by atoms with Crippen LogP contribution in [0.5, 0.6) is 0 Å². The number of para-hydroxylation sites is 1. The number of rotatable bonds is 6. The summed E-state index contributed by atoms with van der Waals surface area (Å²) in [6, 6.07) is 18.1. The first-order chi connectivity index (χ1) is 19.0. The van der Waals surface area contributed by atoms with Crippen molar-refractivity contribution in [3.63, 3.8) is 0 Å². The third kappa shape index (κ3) is 5.55. The third-order valence-corrected chi connectivity index (χ3v) is 8.94. The lowest BCUT2D eigenvalue weighted by atomic mass is 10.2. The van der Waals surface area contributed by atoms with Crippen LogP contribution in [-0.2, 0) is 19.6 Å². The number of benzene rings is 2. The predicted octanol–water partition coefficient (Wildman–Crippen LogP) is 3.13. The molecule has 3 amide bonds. The summed E-state index contributed by atoms with van der Waals surface area (Å²) in [5.41, 5.74) is 4.23. The Bertz CT molecular complexity index is 1610. The molecule has 1 aromatic heterocycles. The van der Waals surface area contributed by atoms with Gasteiger partial charge >= 0.3 is 0 Å². The second-order valence-electron chi connectivity index (χ2n) is 9.67. The SMILES string of the molecule is Cc1cc(C=C2SC(=O)N(CC(=O)N3CCN(c4ccccc4)CC3)C2=O)c(C)n1-c1ccc(S(N)(=O)=O)cc1. The average Bonchev–Trinajstić information content (AvgIpc) is 3.37. The zero-order chi connectivity index (χ0) is 28.6. The van der Waals surface area contributed by atoms with E-state index in [9.17, 15) is 22.8 Å². The van der Waals surface area contributed by atoms with Crippen LogP contribution >= 0.6 is 11.8 Å². The van der Waals surface area contributed by atoms with E-state index in [0.29, 0.717) is 26.2 Å². The highest BCUT2D eigenvalue weighted by atomic mass is 32.2. The Morgan fingerprint density at radius 3 is 2.23 bits per heavy atom. The van der Waals surface area contributed by atoms with Gasteiger partial charge in [-0.2, -0.15) is 0 Å². The minimum absolute atomic E-state index is 0.0141. The van der Waals surface area contributed by atoms with Crippen LogP contribution in [0.15, 0.2) is 70.5 Å². The summed E-state index contributed by atoms with van der Waals surface area (Å²) in [6.45, 7) is 5.86. The first-order valence-electron chi connectivity index (χ1n) is 12.7. The van der Waals surface area contributed by atoms with Crippen LogP contribution in [0.25, 0.3) is 11.8 Å². The van der Waals surface area contributed by atoms with Gasteiger partial charge in [-0.3, -0.25) is 19.3 Å². The summed E-state index contributed by atoms with van der Waals surface area (Å²) >= 11 is 0.817. The molecule has 0 aliphatic carbocycles. The zero-order valence-corrected chi connectivity index (χ0v) is 23.7. The van der Waals surface area contributed by atoms with Gasteiger partial charge in [0.05, 0.1) is 9.80 Å². The van der Waals surface area contributed by atoms with Crippen molar-refractivity contribution in [3.8, 4) is 5.69 Å². The number of imide groups is 1. The number of aromatic nitrogens is 1. The van der Waals surface area contributed by atoms with Gasteiger partial charge in [-0.25, -0.2) is 13.6 Å². The van der Waals surface area contributed by atoms with Crippen molar-refractivity contribution in [2.24, 2.45) is 5.14 Å². The molecule has 0 spiro atoms. The number of hydrogen-bond acceptors (Lipinski definition) is 7. The second kappa shape index (κ2) is 11.0. The number of carbonyl (C=O) groups excluding carboxylic acids is 3. The largest absolute Gasteiger partial charge is 0.368 e. The minimum atomic E-state index is -3.80. The van der Waals surface area contributed by atoms with Crippen molar-refractivity contribution < 1.29 is 22.8 Å². The number of sulfonamides is 1. The van der Waals surface area contributed by atoms with E-state index in [-0.39, 0.29) is 22.3 Å². The number of nitrogens with zero attached hydrogens (tertiary/aromatic N) is 4. The molecule has 208 valence electrons. The van der Waals surface area contributed by atoms with Gasteiger partial charge < -0.3 is 14.4 Å². The maximum atomic E-state index is 13.1. The molecule has 2 N–H and O–H groups in total. The molecule has 3 heterocycles. The zero-order valence-electron chi connectivity index (χ0n) is 22.1. The monoisotopic (exact) mass is 579 g/mol. The van der Waals surface area contributed by atoms with E-state index in [1.54, 1.807) is 23.1 Å². The minimum Gasteiger partial charge on any atom is -0.368 e. The van der Waals surface area contributed by atoms with Crippen molar-refractivity contribution >= 4 is 50.6 Å². The molecule has 2 fully saturated rings. The van der Waals surface area contributed by atoms with Crippen molar-refractivity contribution in [1.29, 1.82) is 0 Å². The van der Waals surface area contributed by atoms with Crippen LogP contribution in [0.3, 0.4) is 0 Å². The molecular formula is C28H29N5O5S2. The van der Waals surface area contributed by atoms with Gasteiger partial charge in [-0.15, -0.1) is 0 Å². The highest BCUT2D eigenvalue weighted by Crippen LogP contribution is 2.34. The molecule has 2 aliphatic rings. The number of aryl methyl sites for hydroxylation is 1. The molecule has 10 nitrogen and oxygen atoms in total. The fourth-order valence-corrected chi connectivity index (χ4v) is 6.33. The number of hydrogen-bond donors (Lipinski definition) is 1. The second-order valence-corrected chi connectivity index (χ2v) is 12.2. The molecule has 40 heavy (non-hydrogen) atoms. The van der Waals surface area contributed by atoms with Crippen molar-refractivity contribution in [3.05, 3.63) is 82.5 Å². The lowest BCUT2D eigenvalue weighted by Crippen LogP contribution is -2.51. The van der Waals surface area contributed by atoms with E-state index in [4.69, 9.17) is 5.14 Å². The highest BCUT2D eigenvalue weighted by molar-refractivity contribution is 8.18. The summed E-state index contributed by atoms with van der Waals surface area (Å²) in [5, 5.41) is 4.73. The maximum Gasteiger partial charge on any atom is 0.294 e. The van der Waals surface area contributed by atoms with Gasteiger partial charge in [-0.05, 0) is 79.7 Å². The number of primary sulfonamides is 1. The van der Waals surface area contributed by atoms with Crippen molar-refractivity contribution in [2.75, 3.05) is 37.6 Å². The Morgan fingerprint density at radius 1 is 0.950 bits per heavy atom. The molecule has 0 bridgehead atoms. The van der Waals surface area contributed by atoms with Gasteiger partial charge in [0, 0.05) is 48.9 Å². The lowest BCUT2D eigenvalue weighted by molar-refractivity contribution is -0.136. The molecule has 2 aromatic carbocycles. The quantitative estimate of drug-likeness (QED) is 0.445. The number of carbonyl (C=O) groups is 3. The number of anilines is 1. The molecular weight excluding hydrogens is 550 g/mol. The van der Waals surface area contributed by atoms with Crippen molar-refractivity contribution in [2.45, 2.75) is 18.7 Å². The molecule has 0 saturated carbocycles. The topological polar surface area (TPSA) is 126 Å². The standard InChI is InChI=1S/C28H29N5O5S2/c1-19-16-21(20(2)33(19)23-8-10-24(11-9-23)40(29,37)38)17-25-27(35)32(28(36)39-25)18-26(34)31-14-12-30(13-15-31)22-6-4-3-5-7-22/h3-11,16-17H,12-15,18H2,1-2H3,(H2,29,37,38). The van der Waals surface area contributed by atoms with Crippen LogP contribution in [0.1, 0.15) is 17.0 Å². The third-order valence-electron chi connectivity index (χ3n) is 7.10. The highest BCUT2D eigenvalue weighted by Gasteiger charge is 2.37. The fourth-order valence-electron chi connectivity index (χ4n) is 4.98. The van der Waals surface area contributed by atoms with E-state index in [2.05, 4.69) is 4.90 Å². The van der Waals surface area contributed by atoms with Gasteiger partial charge in [0.1, 0.15) is 6.54 Å². The van der Waals surface area contributed by atoms with E-state index < -0.39 is 21.2 Å². The number of nitrogens with two attached hydrogens (primary N) is 1. The smallest absolute Gasteiger partial charge is 0.294 e. The molecule has 0 radical (unpaired) electrons. The molecule has 2 aliphatic heterocycles. The average molecular weight is 580 g/mol. The first-order valence-corrected chi connectivity index (χ1v) is 15.0. The van der Waals surface area contributed by atoms with Gasteiger partial charge in [0.2, 0.25) is 15.9 Å². The van der Waals surface area contributed by atoms with Crippen molar-refractivity contribution in [1.82, 2.24) is 14.4 Å². The molecule has 0 atom stereocenters. The fraction of sp³-hybridized carbons (Fsp3) is 0.250. The Morgan fingerprint density at radius 2 is 1.60 bits per heavy atom. The van der Waals surface area contributed by atoms with Gasteiger partial charge in [0.15, 0.2) is 0 Å². The Balaban J connectivity index is 1.27. The molecule has 2 saturated heterocycles. The number of amides is 3. The van der Waals surface area contributed by atoms with Crippen LogP contribution in [0, 0.1) is 13.8 Å². The Labute approximate surface area is 237 Å². The van der Waals surface area contributed by atoms with Crippen LogP contribution in [0.4, 0.5) is 10.5 Å². The van der Waals surface area contributed by atoms with Crippen LogP contribution in [0.2, 0.25) is 0 Å². The van der Waals surface area contributed by atoms with E-state index in [1.165, 1.54) is 12.1 Å². The summed E-state index contributed by atoms with van der Waals surface area (Å²) in [5.74, 6) is -0.744. The van der Waals surface area contributed by atoms with Gasteiger partial charge in [0.25, 0.3) is 11.1 Å². The summed E-state index contributed by atoms with van der Waals surface area (Å²) in [7, 11) is -3.80. The van der Waals surface area contributed by atoms with Crippen LogP contribution in [-0.4, -0.2) is 72.6 Å². The lowest BCUT2D eigenvalue weighted by Gasteiger charge is -2.36. The molecule has 12 heteroatoms. The van der Waals surface area contributed by atoms with Crippen LogP contribution < -0.4 is 10.0 Å². The molecule has 0 unspecified atom stereocenters. The molecule has 5 rings (SSSR count). The number of piperazine rings is 1. The number of thioether (sulfide) groups is 1. The van der Waals surface area contributed by atoms with E-state index in [0.717, 1.165) is 45.0 Å². The summed E-state index contributed by atoms with van der Waals surface area (Å²) in [6.07, 6.45) is 1.66. The maximum absolute atomic E-state index is 13.1. The predicted molar refractivity (Wildman–Crippen MR) is 155 cm³/mol. The van der Waals surface area contributed by atoms with Gasteiger partial charge in [-0.1, -0.05) is 18.2 Å². The van der Waals surface area contributed by atoms with E-state index >= 15 is 0 Å². The van der Waals surface area contributed by atoms with E-state index in [1.807, 2.05) is 54.8 Å².